The van der Waals surface area contributed by atoms with Crippen LogP contribution in [0, 0.1) is 0 Å². The number of aromatic amines is 1. The van der Waals surface area contributed by atoms with Crippen LogP contribution in [0.1, 0.15) is 43.6 Å². The van der Waals surface area contributed by atoms with E-state index in [1.54, 1.807) is 26.1 Å². The molecule has 3 aromatic heterocycles. The van der Waals surface area contributed by atoms with Gasteiger partial charge in [-0.2, -0.15) is 0 Å². The molecule has 1 saturated carbocycles. The van der Waals surface area contributed by atoms with Gasteiger partial charge in [-0.25, -0.2) is 9.78 Å². The van der Waals surface area contributed by atoms with Gasteiger partial charge in [-0.1, -0.05) is 36.6 Å². The average Bonchev–Trinajstić information content (AvgIpc) is 3.45. The Hall–Kier alpha value is -3.88. The molecule has 9 nitrogen and oxygen atoms in total. The normalized spacial score (nSPS) is 14.4. The zero-order valence-electron chi connectivity index (χ0n) is 20.2. The fraction of sp³-hybridized carbons (Fsp3) is 0.385. The summed E-state index contributed by atoms with van der Waals surface area (Å²) in [5.41, 5.74) is 4.81. The second-order valence-corrected chi connectivity index (χ2v) is 9.24. The molecule has 1 N–H and O–H groups in total. The van der Waals surface area contributed by atoms with E-state index in [9.17, 15) is 9.59 Å². The maximum absolute atomic E-state index is 13.0. The van der Waals surface area contributed by atoms with Gasteiger partial charge in [-0.3, -0.25) is 14.3 Å². The molecule has 1 aliphatic rings. The van der Waals surface area contributed by atoms with Crippen molar-refractivity contribution in [2.75, 3.05) is 21.2 Å². The highest BCUT2D eigenvalue weighted by Gasteiger charge is 2.28. The van der Waals surface area contributed by atoms with E-state index >= 15 is 0 Å². The number of ether oxygens (including phenoxy) is 1. The van der Waals surface area contributed by atoms with E-state index in [1.165, 1.54) is 24.8 Å². The number of carbonyl (C=O) groups is 1. The van der Waals surface area contributed by atoms with Crippen molar-refractivity contribution < 1.29 is 14.1 Å². The summed E-state index contributed by atoms with van der Waals surface area (Å²) >= 11 is 0. The van der Waals surface area contributed by atoms with E-state index in [4.69, 9.17) is 9.26 Å². The largest absolute Gasteiger partial charge is 0.481 e. The average molecular weight is 476 g/mol. The second kappa shape index (κ2) is 9.40. The maximum atomic E-state index is 13.0. The van der Waals surface area contributed by atoms with Gasteiger partial charge < -0.3 is 14.2 Å². The SMILES string of the molecule is COc1ccc(-c2c(C3CCCCC3)c3ccc(-c4noc(=O)[nH]4)cc3n2CC(=O)N(C)C)cn1. The monoisotopic (exact) mass is 475 g/mol. The number of hydrogen-bond acceptors (Lipinski definition) is 6. The lowest BCUT2D eigenvalue weighted by atomic mass is 9.82. The highest BCUT2D eigenvalue weighted by atomic mass is 16.5. The summed E-state index contributed by atoms with van der Waals surface area (Å²) in [5.74, 6) is 0.663. The number of H-pyrrole nitrogens is 1. The van der Waals surface area contributed by atoms with Gasteiger partial charge in [0.05, 0.1) is 18.3 Å². The molecule has 0 spiro atoms. The van der Waals surface area contributed by atoms with Gasteiger partial charge in [0.1, 0.15) is 6.54 Å². The number of aromatic nitrogens is 4. The third-order valence-corrected chi connectivity index (χ3v) is 6.84. The summed E-state index contributed by atoms with van der Waals surface area (Å²) in [4.78, 5) is 33.2. The van der Waals surface area contributed by atoms with E-state index in [2.05, 4.69) is 25.8 Å². The Kier molecular flexibility index (Phi) is 6.15. The summed E-state index contributed by atoms with van der Waals surface area (Å²) in [6.07, 6.45) is 7.65. The first-order chi connectivity index (χ1) is 17.0. The van der Waals surface area contributed by atoms with E-state index in [0.717, 1.165) is 35.0 Å². The number of carbonyl (C=O) groups excluding carboxylic acids is 1. The minimum Gasteiger partial charge on any atom is -0.481 e. The number of methoxy groups -OCH3 is 1. The summed E-state index contributed by atoms with van der Waals surface area (Å²) < 4.78 is 12.1. The molecule has 9 heteroatoms. The number of nitrogens with one attached hydrogen (secondary N) is 1. The molecule has 1 aliphatic carbocycles. The van der Waals surface area contributed by atoms with Gasteiger partial charge in [-0.15, -0.1) is 0 Å². The van der Waals surface area contributed by atoms with Crippen LogP contribution in [0.5, 0.6) is 5.88 Å². The standard InChI is InChI=1S/C26H29N5O4/c1-30(2)22(32)15-31-20-13-17(25-28-26(33)35-29-25)9-11-19(20)23(16-7-5-4-6-8-16)24(31)18-10-12-21(34-3)27-14-18/h9-14,16H,4-8,15H2,1-3H3,(H,28,29,33). The minimum atomic E-state index is -0.605. The minimum absolute atomic E-state index is 0.0138. The van der Waals surface area contributed by atoms with Crippen molar-refractivity contribution in [2.45, 2.75) is 44.6 Å². The first-order valence-corrected chi connectivity index (χ1v) is 11.9. The molecule has 0 radical (unpaired) electrons. The number of pyridine rings is 1. The van der Waals surface area contributed by atoms with E-state index < -0.39 is 5.76 Å². The van der Waals surface area contributed by atoms with Crippen molar-refractivity contribution >= 4 is 16.8 Å². The second-order valence-electron chi connectivity index (χ2n) is 9.24. The Labute approximate surface area is 202 Å². The molecule has 0 atom stereocenters. The lowest BCUT2D eigenvalue weighted by Gasteiger charge is -2.24. The fourth-order valence-electron chi connectivity index (χ4n) is 5.08. The van der Waals surface area contributed by atoms with Crippen molar-refractivity contribution in [2.24, 2.45) is 0 Å². The zero-order valence-corrected chi connectivity index (χ0v) is 20.2. The van der Waals surface area contributed by atoms with Gasteiger partial charge >= 0.3 is 5.76 Å². The first kappa shape index (κ1) is 22.9. The summed E-state index contributed by atoms with van der Waals surface area (Å²) in [6.45, 7) is 0.177. The maximum Gasteiger partial charge on any atom is 0.439 e. The lowest BCUT2D eigenvalue weighted by molar-refractivity contribution is -0.129. The third kappa shape index (κ3) is 4.34. The van der Waals surface area contributed by atoms with Crippen molar-refractivity contribution in [1.29, 1.82) is 0 Å². The summed E-state index contributed by atoms with van der Waals surface area (Å²) in [7, 11) is 5.12. The van der Waals surface area contributed by atoms with Gasteiger partial charge in [0.25, 0.3) is 0 Å². The van der Waals surface area contributed by atoms with Gasteiger partial charge in [-0.05, 0) is 36.5 Å². The predicted octanol–water partition coefficient (Wildman–Crippen LogP) is 4.19. The molecule has 4 aromatic rings. The predicted molar refractivity (Wildman–Crippen MR) is 132 cm³/mol. The van der Waals surface area contributed by atoms with Crippen LogP contribution >= 0.6 is 0 Å². The van der Waals surface area contributed by atoms with Gasteiger partial charge in [0, 0.05) is 42.9 Å². The summed E-state index contributed by atoms with van der Waals surface area (Å²) in [5, 5.41) is 4.96. The lowest BCUT2D eigenvalue weighted by Crippen LogP contribution is -2.26. The molecular weight excluding hydrogens is 446 g/mol. The molecule has 0 unspecified atom stereocenters. The molecule has 1 amide bonds. The van der Waals surface area contributed by atoms with E-state index in [1.807, 2.05) is 30.5 Å². The molecule has 182 valence electrons. The van der Waals surface area contributed by atoms with Crippen LogP contribution in [0.2, 0.25) is 0 Å². The molecule has 5 rings (SSSR count). The molecule has 1 aromatic carbocycles. The molecule has 1 fully saturated rings. The Morgan fingerprint density at radius 2 is 1.94 bits per heavy atom. The first-order valence-electron chi connectivity index (χ1n) is 11.9. The Bertz CT molecular complexity index is 1410. The van der Waals surface area contributed by atoms with Crippen LogP contribution in [0.15, 0.2) is 45.8 Å². The number of amides is 1. The van der Waals surface area contributed by atoms with Crippen molar-refractivity contribution in [1.82, 2.24) is 24.6 Å². The molecule has 35 heavy (non-hydrogen) atoms. The summed E-state index contributed by atoms with van der Waals surface area (Å²) in [6, 6.07) is 9.83. The van der Waals surface area contributed by atoms with Crippen LogP contribution in [0.3, 0.4) is 0 Å². The number of hydrogen-bond donors (Lipinski definition) is 1. The number of rotatable bonds is 6. The smallest absolute Gasteiger partial charge is 0.439 e. The highest BCUT2D eigenvalue weighted by molar-refractivity contribution is 5.96. The van der Waals surface area contributed by atoms with Crippen LogP contribution in [0.4, 0.5) is 0 Å². The number of fused-ring (bicyclic) bond motifs is 1. The molecule has 0 aliphatic heterocycles. The topological polar surface area (TPSA) is 106 Å². The number of benzene rings is 1. The Balaban J connectivity index is 1.79. The molecular formula is C26H29N5O4. The Morgan fingerprint density at radius 3 is 2.57 bits per heavy atom. The van der Waals surface area contributed by atoms with Crippen LogP contribution in [0.25, 0.3) is 33.5 Å². The quantitative estimate of drug-likeness (QED) is 0.448. The van der Waals surface area contributed by atoms with Crippen LogP contribution in [-0.2, 0) is 11.3 Å². The van der Waals surface area contributed by atoms with Crippen LogP contribution < -0.4 is 10.5 Å². The zero-order chi connectivity index (χ0) is 24.5. The molecule has 0 bridgehead atoms. The van der Waals surface area contributed by atoms with Crippen LogP contribution in [-0.4, -0.2) is 51.7 Å². The highest BCUT2D eigenvalue weighted by Crippen LogP contribution is 2.44. The van der Waals surface area contributed by atoms with Crippen molar-refractivity contribution in [3.8, 4) is 28.5 Å². The van der Waals surface area contributed by atoms with Gasteiger partial charge in [0.15, 0.2) is 5.82 Å². The third-order valence-electron chi connectivity index (χ3n) is 6.84. The Morgan fingerprint density at radius 1 is 1.17 bits per heavy atom. The van der Waals surface area contributed by atoms with E-state index in [-0.39, 0.29) is 12.5 Å². The number of likely N-dealkylation sites (N-methyl/N-ethyl adjacent to an activating group) is 1. The van der Waals surface area contributed by atoms with E-state index in [0.29, 0.717) is 23.2 Å². The number of nitrogens with zero attached hydrogens (tertiary/aromatic N) is 4. The van der Waals surface area contributed by atoms with Crippen molar-refractivity contribution in [3.05, 3.63) is 52.6 Å². The molecule has 3 heterocycles. The fourth-order valence-corrected chi connectivity index (χ4v) is 5.08. The van der Waals surface area contributed by atoms with Gasteiger partial charge in [0.2, 0.25) is 11.8 Å². The van der Waals surface area contributed by atoms with Crippen molar-refractivity contribution in [3.63, 3.8) is 0 Å². The molecule has 0 saturated heterocycles.